The highest BCUT2D eigenvalue weighted by molar-refractivity contribution is 7.98. The maximum Gasteiger partial charge on any atom is 0.141 e. The van der Waals surface area contributed by atoms with E-state index in [4.69, 9.17) is 0 Å². The standard InChI is InChI=1S/C9H7FS3/c1-12-7-3-2-6(10)9-5(7)4-8(11)13-9/h2-4,11H,1H3. The van der Waals surface area contributed by atoms with E-state index >= 15 is 0 Å². The van der Waals surface area contributed by atoms with Gasteiger partial charge in [0, 0.05) is 10.3 Å². The Kier molecular flexibility index (Phi) is 2.53. The van der Waals surface area contributed by atoms with Crippen molar-refractivity contribution in [2.75, 3.05) is 6.26 Å². The number of halogens is 1. The number of rotatable bonds is 1. The van der Waals surface area contributed by atoms with Gasteiger partial charge in [0.25, 0.3) is 0 Å². The van der Waals surface area contributed by atoms with Gasteiger partial charge in [0.2, 0.25) is 0 Å². The summed E-state index contributed by atoms with van der Waals surface area (Å²) in [7, 11) is 0. The van der Waals surface area contributed by atoms with Crippen molar-refractivity contribution < 1.29 is 4.39 Å². The van der Waals surface area contributed by atoms with Crippen molar-refractivity contribution in [1.82, 2.24) is 0 Å². The third-order valence-corrected chi connectivity index (χ3v) is 3.95. The number of thiophene rings is 1. The summed E-state index contributed by atoms with van der Waals surface area (Å²) in [6, 6.07) is 5.23. The zero-order valence-electron chi connectivity index (χ0n) is 6.87. The van der Waals surface area contributed by atoms with Crippen LogP contribution in [0.3, 0.4) is 0 Å². The van der Waals surface area contributed by atoms with Gasteiger partial charge in [-0.1, -0.05) is 0 Å². The van der Waals surface area contributed by atoms with Crippen LogP contribution in [0.25, 0.3) is 10.1 Å². The van der Waals surface area contributed by atoms with Crippen molar-refractivity contribution in [3.63, 3.8) is 0 Å². The molecule has 0 aliphatic rings. The Balaban J connectivity index is 2.83. The van der Waals surface area contributed by atoms with E-state index in [1.165, 1.54) is 17.4 Å². The Morgan fingerprint density at radius 1 is 1.46 bits per heavy atom. The molecule has 13 heavy (non-hydrogen) atoms. The molecule has 0 nitrogen and oxygen atoms in total. The van der Waals surface area contributed by atoms with Gasteiger partial charge < -0.3 is 0 Å². The summed E-state index contributed by atoms with van der Waals surface area (Å²) >= 11 is 7.23. The van der Waals surface area contributed by atoms with E-state index in [1.54, 1.807) is 11.8 Å². The number of hydrogen-bond acceptors (Lipinski definition) is 3. The fourth-order valence-corrected chi connectivity index (χ4v) is 3.11. The summed E-state index contributed by atoms with van der Waals surface area (Å²) < 4.78 is 14.8. The van der Waals surface area contributed by atoms with Gasteiger partial charge in [0.15, 0.2) is 0 Å². The number of hydrogen-bond donors (Lipinski definition) is 1. The molecule has 0 bridgehead atoms. The van der Waals surface area contributed by atoms with Gasteiger partial charge in [-0.25, -0.2) is 4.39 Å². The average Bonchev–Trinajstić information content (AvgIpc) is 2.48. The molecule has 4 heteroatoms. The number of fused-ring (bicyclic) bond motifs is 1. The predicted molar refractivity (Wildman–Crippen MR) is 60.8 cm³/mol. The van der Waals surface area contributed by atoms with Gasteiger partial charge >= 0.3 is 0 Å². The number of thioether (sulfide) groups is 1. The van der Waals surface area contributed by atoms with Crippen molar-refractivity contribution in [2.45, 2.75) is 9.10 Å². The first-order valence-corrected chi connectivity index (χ1v) is 6.16. The molecule has 0 saturated carbocycles. The lowest BCUT2D eigenvalue weighted by molar-refractivity contribution is 0.641. The lowest BCUT2D eigenvalue weighted by atomic mass is 10.2. The molecule has 0 aliphatic heterocycles. The molecule has 0 N–H and O–H groups in total. The molecule has 0 unspecified atom stereocenters. The minimum Gasteiger partial charge on any atom is -0.205 e. The van der Waals surface area contributed by atoms with E-state index in [9.17, 15) is 4.39 Å². The van der Waals surface area contributed by atoms with E-state index in [0.717, 1.165) is 14.5 Å². The van der Waals surface area contributed by atoms with Crippen LogP contribution in [0.15, 0.2) is 27.3 Å². The van der Waals surface area contributed by atoms with Gasteiger partial charge in [0.05, 0.1) is 8.91 Å². The van der Waals surface area contributed by atoms with Crippen LogP contribution < -0.4 is 0 Å². The zero-order chi connectivity index (χ0) is 9.42. The van der Waals surface area contributed by atoms with E-state index in [0.29, 0.717) is 4.70 Å². The van der Waals surface area contributed by atoms with Crippen molar-refractivity contribution in [3.8, 4) is 0 Å². The molecule has 1 heterocycles. The maximum atomic E-state index is 13.3. The monoisotopic (exact) mass is 230 g/mol. The lowest BCUT2D eigenvalue weighted by Crippen LogP contribution is -1.75. The third-order valence-electron chi connectivity index (χ3n) is 1.80. The Hall–Kier alpha value is -0.190. The summed E-state index contributed by atoms with van der Waals surface area (Å²) in [6.45, 7) is 0. The van der Waals surface area contributed by atoms with Crippen LogP contribution in [-0.4, -0.2) is 6.26 Å². The van der Waals surface area contributed by atoms with E-state index in [-0.39, 0.29) is 5.82 Å². The highest BCUT2D eigenvalue weighted by atomic mass is 32.2. The summed E-state index contributed by atoms with van der Waals surface area (Å²) in [6.07, 6.45) is 1.99. The molecular formula is C9H7FS3. The molecule has 0 fully saturated rings. The molecule has 0 spiro atoms. The van der Waals surface area contributed by atoms with Crippen LogP contribution in [0.5, 0.6) is 0 Å². The molecule has 1 aromatic carbocycles. The summed E-state index contributed by atoms with van der Waals surface area (Å²) in [5.74, 6) is -0.155. The zero-order valence-corrected chi connectivity index (χ0v) is 9.40. The molecule has 0 aliphatic carbocycles. The molecule has 0 atom stereocenters. The second kappa shape index (κ2) is 3.52. The summed E-state index contributed by atoms with van der Waals surface area (Å²) in [5.41, 5.74) is 0. The van der Waals surface area contributed by atoms with Crippen molar-refractivity contribution in [1.29, 1.82) is 0 Å². The molecule has 0 amide bonds. The average molecular weight is 230 g/mol. The van der Waals surface area contributed by atoms with E-state index < -0.39 is 0 Å². The topological polar surface area (TPSA) is 0 Å². The smallest absolute Gasteiger partial charge is 0.141 e. The highest BCUT2D eigenvalue weighted by Gasteiger charge is 2.08. The number of thiol groups is 1. The first-order valence-electron chi connectivity index (χ1n) is 3.67. The second-order valence-corrected chi connectivity index (χ2v) is 5.26. The Bertz CT molecular complexity index is 447. The third kappa shape index (κ3) is 1.58. The van der Waals surface area contributed by atoms with Crippen LogP contribution in [-0.2, 0) is 0 Å². The normalized spacial score (nSPS) is 11.0. The van der Waals surface area contributed by atoms with E-state index in [1.807, 2.05) is 18.4 Å². The van der Waals surface area contributed by atoms with Gasteiger partial charge in [-0.15, -0.1) is 35.7 Å². The van der Waals surface area contributed by atoms with Gasteiger partial charge in [0.1, 0.15) is 5.82 Å². The Morgan fingerprint density at radius 3 is 2.92 bits per heavy atom. The van der Waals surface area contributed by atoms with Crippen LogP contribution in [0.4, 0.5) is 4.39 Å². The van der Waals surface area contributed by atoms with E-state index in [2.05, 4.69) is 12.6 Å². The predicted octanol–water partition coefficient (Wildman–Crippen LogP) is 4.05. The van der Waals surface area contributed by atoms with Crippen molar-refractivity contribution >= 4 is 45.8 Å². The highest BCUT2D eigenvalue weighted by Crippen LogP contribution is 2.35. The first kappa shape index (κ1) is 9.37. The maximum absolute atomic E-state index is 13.3. The van der Waals surface area contributed by atoms with Crippen molar-refractivity contribution in [3.05, 3.63) is 24.0 Å². The Labute approximate surface area is 89.6 Å². The van der Waals surface area contributed by atoms with Crippen LogP contribution >= 0.6 is 35.7 Å². The Morgan fingerprint density at radius 2 is 2.23 bits per heavy atom. The van der Waals surface area contributed by atoms with Crippen LogP contribution in [0.2, 0.25) is 0 Å². The SMILES string of the molecule is CSc1ccc(F)c2sc(S)cc12. The van der Waals surface area contributed by atoms with Crippen LogP contribution in [0.1, 0.15) is 0 Å². The lowest BCUT2D eigenvalue weighted by Gasteiger charge is -1.98. The molecular weight excluding hydrogens is 223 g/mol. The van der Waals surface area contributed by atoms with Gasteiger partial charge in [-0.05, 0) is 24.5 Å². The quantitative estimate of drug-likeness (QED) is 0.569. The molecule has 0 radical (unpaired) electrons. The minimum atomic E-state index is -0.155. The van der Waals surface area contributed by atoms with Gasteiger partial charge in [-0.2, -0.15) is 0 Å². The molecule has 68 valence electrons. The molecule has 2 rings (SSSR count). The molecule has 0 saturated heterocycles. The van der Waals surface area contributed by atoms with Gasteiger partial charge in [-0.3, -0.25) is 0 Å². The van der Waals surface area contributed by atoms with Crippen molar-refractivity contribution in [2.24, 2.45) is 0 Å². The molecule has 2 aromatic rings. The fraction of sp³-hybridized carbons (Fsp3) is 0.111. The first-order chi connectivity index (χ1) is 6.22. The summed E-state index contributed by atoms with van der Waals surface area (Å²) in [4.78, 5) is 1.10. The minimum absolute atomic E-state index is 0.155. The fourth-order valence-electron chi connectivity index (χ4n) is 1.23. The number of benzene rings is 1. The van der Waals surface area contributed by atoms with Crippen LogP contribution in [0, 0.1) is 5.82 Å². The molecule has 1 aromatic heterocycles. The second-order valence-electron chi connectivity index (χ2n) is 2.58. The summed E-state index contributed by atoms with van der Waals surface area (Å²) in [5, 5.41) is 0.975. The largest absolute Gasteiger partial charge is 0.205 e.